The third-order valence-electron chi connectivity index (χ3n) is 3.16. The van der Waals surface area contributed by atoms with Crippen molar-refractivity contribution in [2.75, 3.05) is 0 Å². The van der Waals surface area contributed by atoms with E-state index in [-0.39, 0.29) is 0 Å². The Balaban J connectivity index is 1.99. The van der Waals surface area contributed by atoms with Gasteiger partial charge in [0.05, 0.1) is 0 Å². The van der Waals surface area contributed by atoms with E-state index in [1.807, 2.05) is 0 Å². The Morgan fingerprint density at radius 1 is 0.941 bits per heavy atom. The van der Waals surface area contributed by atoms with Gasteiger partial charge < -0.3 is 4.57 Å². The zero-order chi connectivity index (χ0) is 11.9. The molecule has 0 aliphatic carbocycles. The summed E-state index contributed by atoms with van der Waals surface area (Å²) in [7, 11) is 0. The van der Waals surface area contributed by atoms with Crippen molar-refractivity contribution in [2.24, 2.45) is 0 Å². The van der Waals surface area contributed by atoms with Crippen LogP contribution in [0, 0.1) is 0 Å². The van der Waals surface area contributed by atoms with Crippen LogP contribution < -0.4 is 0 Å². The van der Waals surface area contributed by atoms with Gasteiger partial charge in [-0.3, -0.25) is 0 Å². The molecule has 0 fully saturated rings. The van der Waals surface area contributed by atoms with Crippen molar-refractivity contribution < 1.29 is 0 Å². The molecule has 2 aromatic rings. The Labute approximate surface area is 104 Å². The summed E-state index contributed by atoms with van der Waals surface area (Å²) in [6, 6.07) is 15.1. The molecule has 0 atom stereocenters. The number of hydrogen-bond donors (Lipinski definition) is 0. The number of aromatic nitrogens is 1. The molecule has 0 spiro atoms. The predicted octanol–water partition coefficient (Wildman–Crippen LogP) is 4.27. The lowest BCUT2D eigenvalue weighted by molar-refractivity contribution is 0.667. The molecule has 0 amide bonds. The Bertz CT molecular complexity index is 428. The summed E-state index contributed by atoms with van der Waals surface area (Å²) in [6.45, 7) is 3.25. The number of nitrogens with zero attached hydrogens (tertiary/aromatic N) is 1. The van der Waals surface area contributed by atoms with Gasteiger partial charge in [0.15, 0.2) is 0 Å². The standard InChI is InChI=1S/C16H21N/c1-2-3-5-11-16-12-8-13-17(16)14-15-9-6-4-7-10-15/h4,6-10,12-13H,2-3,5,11,14H2,1H3. The van der Waals surface area contributed by atoms with Gasteiger partial charge in [-0.1, -0.05) is 50.1 Å². The number of benzene rings is 1. The largest absolute Gasteiger partial charge is 0.347 e. The number of hydrogen-bond acceptors (Lipinski definition) is 0. The number of aryl methyl sites for hydroxylation is 1. The van der Waals surface area contributed by atoms with Crippen molar-refractivity contribution in [3.05, 3.63) is 59.9 Å². The highest BCUT2D eigenvalue weighted by Crippen LogP contribution is 2.11. The Morgan fingerprint density at radius 2 is 1.76 bits per heavy atom. The fourth-order valence-electron chi connectivity index (χ4n) is 2.17. The van der Waals surface area contributed by atoms with Crippen molar-refractivity contribution in [3.63, 3.8) is 0 Å². The molecule has 0 aliphatic heterocycles. The topological polar surface area (TPSA) is 4.93 Å². The fraction of sp³-hybridized carbons (Fsp3) is 0.375. The normalized spacial score (nSPS) is 10.6. The fourth-order valence-corrected chi connectivity index (χ4v) is 2.17. The molecule has 0 unspecified atom stereocenters. The Hall–Kier alpha value is -1.50. The van der Waals surface area contributed by atoms with Crippen molar-refractivity contribution in [1.29, 1.82) is 0 Å². The first kappa shape index (κ1) is 12.0. The highest BCUT2D eigenvalue weighted by Gasteiger charge is 2.01. The second kappa shape index (κ2) is 6.29. The summed E-state index contributed by atoms with van der Waals surface area (Å²) < 4.78 is 2.37. The van der Waals surface area contributed by atoms with Crippen LogP contribution in [0.15, 0.2) is 48.7 Å². The van der Waals surface area contributed by atoms with Crippen LogP contribution in [-0.2, 0) is 13.0 Å². The van der Waals surface area contributed by atoms with E-state index in [0.29, 0.717) is 0 Å². The second-order valence-electron chi connectivity index (χ2n) is 4.57. The summed E-state index contributed by atoms with van der Waals surface area (Å²) in [6.07, 6.45) is 7.31. The van der Waals surface area contributed by atoms with E-state index in [4.69, 9.17) is 0 Å². The van der Waals surface area contributed by atoms with E-state index in [1.54, 1.807) is 0 Å². The molecule has 90 valence electrons. The van der Waals surface area contributed by atoms with E-state index >= 15 is 0 Å². The summed E-state index contributed by atoms with van der Waals surface area (Å²) >= 11 is 0. The van der Waals surface area contributed by atoms with Crippen LogP contribution in [0.1, 0.15) is 37.4 Å². The highest BCUT2D eigenvalue weighted by atomic mass is 15.0. The summed E-state index contributed by atoms with van der Waals surface area (Å²) in [5.41, 5.74) is 2.84. The minimum absolute atomic E-state index is 0.995. The molecule has 2 rings (SSSR count). The van der Waals surface area contributed by atoms with Gasteiger partial charge in [0.25, 0.3) is 0 Å². The SMILES string of the molecule is CCCCCc1cccn1Cc1ccccc1. The molecule has 1 aromatic carbocycles. The molecule has 1 nitrogen and oxygen atoms in total. The molecule has 1 heterocycles. The van der Waals surface area contributed by atoms with Crippen molar-refractivity contribution in [1.82, 2.24) is 4.57 Å². The first-order chi connectivity index (χ1) is 8.40. The maximum absolute atomic E-state index is 2.37. The zero-order valence-electron chi connectivity index (χ0n) is 10.6. The lowest BCUT2D eigenvalue weighted by Crippen LogP contribution is -2.03. The van der Waals surface area contributed by atoms with E-state index < -0.39 is 0 Å². The molecule has 0 radical (unpaired) electrons. The monoisotopic (exact) mass is 227 g/mol. The van der Waals surface area contributed by atoms with E-state index in [0.717, 1.165) is 6.54 Å². The summed E-state index contributed by atoms with van der Waals surface area (Å²) in [5.74, 6) is 0. The van der Waals surface area contributed by atoms with Gasteiger partial charge in [-0.15, -0.1) is 0 Å². The van der Waals surface area contributed by atoms with Gasteiger partial charge in [0.1, 0.15) is 0 Å². The molecule has 0 bridgehead atoms. The maximum atomic E-state index is 2.37. The molecule has 0 aliphatic rings. The molecule has 17 heavy (non-hydrogen) atoms. The molecule has 0 N–H and O–H groups in total. The van der Waals surface area contributed by atoms with Gasteiger partial charge in [-0.2, -0.15) is 0 Å². The van der Waals surface area contributed by atoms with Gasteiger partial charge in [0, 0.05) is 18.4 Å². The van der Waals surface area contributed by atoms with Gasteiger partial charge >= 0.3 is 0 Å². The predicted molar refractivity (Wildman–Crippen MR) is 73.2 cm³/mol. The van der Waals surface area contributed by atoms with Crippen LogP contribution in [0.3, 0.4) is 0 Å². The molecule has 0 saturated heterocycles. The van der Waals surface area contributed by atoms with E-state index in [1.165, 1.54) is 36.9 Å². The van der Waals surface area contributed by atoms with Crippen LogP contribution in [-0.4, -0.2) is 4.57 Å². The van der Waals surface area contributed by atoms with Gasteiger partial charge in [-0.05, 0) is 30.5 Å². The molecule has 1 aromatic heterocycles. The van der Waals surface area contributed by atoms with Crippen LogP contribution in [0.4, 0.5) is 0 Å². The van der Waals surface area contributed by atoms with Crippen molar-refractivity contribution >= 4 is 0 Å². The second-order valence-corrected chi connectivity index (χ2v) is 4.57. The first-order valence-electron chi connectivity index (χ1n) is 6.58. The molecule has 0 saturated carbocycles. The zero-order valence-corrected chi connectivity index (χ0v) is 10.6. The number of unbranched alkanes of at least 4 members (excludes halogenated alkanes) is 2. The minimum atomic E-state index is 0.995. The van der Waals surface area contributed by atoms with Crippen LogP contribution in [0.5, 0.6) is 0 Å². The Morgan fingerprint density at radius 3 is 2.53 bits per heavy atom. The maximum Gasteiger partial charge on any atom is 0.0472 e. The number of rotatable bonds is 6. The van der Waals surface area contributed by atoms with E-state index in [9.17, 15) is 0 Å². The lowest BCUT2D eigenvalue weighted by Gasteiger charge is -2.09. The summed E-state index contributed by atoms with van der Waals surface area (Å²) in [4.78, 5) is 0. The van der Waals surface area contributed by atoms with Crippen LogP contribution >= 0.6 is 0 Å². The van der Waals surface area contributed by atoms with Crippen molar-refractivity contribution in [3.8, 4) is 0 Å². The quantitative estimate of drug-likeness (QED) is 0.649. The average molecular weight is 227 g/mol. The molecular formula is C16H21N. The van der Waals surface area contributed by atoms with E-state index in [2.05, 4.69) is 60.2 Å². The Kier molecular flexibility index (Phi) is 4.43. The molecule has 1 heteroatoms. The third-order valence-corrected chi connectivity index (χ3v) is 3.16. The summed E-state index contributed by atoms with van der Waals surface area (Å²) in [5, 5.41) is 0. The van der Waals surface area contributed by atoms with Gasteiger partial charge in [-0.25, -0.2) is 0 Å². The molecular weight excluding hydrogens is 206 g/mol. The van der Waals surface area contributed by atoms with Crippen LogP contribution in [0.25, 0.3) is 0 Å². The first-order valence-corrected chi connectivity index (χ1v) is 6.58. The third kappa shape index (κ3) is 3.48. The van der Waals surface area contributed by atoms with Crippen molar-refractivity contribution in [2.45, 2.75) is 39.2 Å². The minimum Gasteiger partial charge on any atom is -0.347 e. The van der Waals surface area contributed by atoms with Gasteiger partial charge in [0.2, 0.25) is 0 Å². The average Bonchev–Trinajstić information content (AvgIpc) is 2.79. The smallest absolute Gasteiger partial charge is 0.0472 e. The van der Waals surface area contributed by atoms with Crippen LogP contribution in [0.2, 0.25) is 0 Å². The lowest BCUT2D eigenvalue weighted by atomic mass is 10.1. The highest BCUT2D eigenvalue weighted by molar-refractivity contribution is 5.17.